The Bertz CT molecular complexity index is 387. The van der Waals surface area contributed by atoms with E-state index < -0.39 is 12.1 Å². The van der Waals surface area contributed by atoms with Gasteiger partial charge in [-0.05, 0) is 49.9 Å². The van der Waals surface area contributed by atoms with Gasteiger partial charge >= 0.3 is 5.97 Å². The number of benzene rings is 1. The lowest BCUT2D eigenvalue weighted by Crippen LogP contribution is -2.29. The Labute approximate surface area is 95.0 Å². The summed E-state index contributed by atoms with van der Waals surface area (Å²) in [5, 5.41) is 9.06. The van der Waals surface area contributed by atoms with Crippen molar-refractivity contribution < 1.29 is 14.6 Å². The molecule has 0 spiro atoms. The fourth-order valence-electron chi connectivity index (χ4n) is 1.89. The molecule has 0 heterocycles. The molecule has 86 valence electrons. The summed E-state index contributed by atoms with van der Waals surface area (Å²) in [6.45, 7) is 3.96. The monoisotopic (exact) mass is 220 g/mol. The highest BCUT2D eigenvalue weighted by atomic mass is 16.5. The number of carboxylic acids is 1. The SMILES string of the molecule is Cc1cc(C)cc(OC(C(=O)O)C2CC2)c1. The first-order valence-corrected chi connectivity index (χ1v) is 5.54. The maximum atomic E-state index is 11.0. The van der Waals surface area contributed by atoms with Gasteiger partial charge in [0, 0.05) is 5.92 Å². The van der Waals surface area contributed by atoms with Crippen molar-refractivity contribution in [2.45, 2.75) is 32.8 Å². The topological polar surface area (TPSA) is 46.5 Å². The second-order valence-electron chi connectivity index (χ2n) is 4.54. The fourth-order valence-corrected chi connectivity index (χ4v) is 1.89. The first-order chi connectivity index (χ1) is 7.56. The highest BCUT2D eigenvalue weighted by Crippen LogP contribution is 2.35. The predicted molar refractivity (Wildman–Crippen MR) is 60.7 cm³/mol. The summed E-state index contributed by atoms with van der Waals surface area (Å²) < 4.78 is 5.56. The molecule has 0 aromatic heterocycles. The Morgan fingerprint density at radius 1 is 1.31 bits per heavy atom. The lowest BCUT2D eigenvalue weighted by Gasteiger charge is -2.15. The molecule has 16 heavy (non-hydrogen) atoms. The number of ether oxygens (including phenoxy) is 1. The lowest BCUT2D eigenvalue weighted by molar-refractivity contribution is -0.146. The number of hydrogen-bond donors (Lipinski definition) is 1. The molecule has 0 bridgehead atoms. The summed E-state index contributed by atoms with van der Waals surface area (Å²) in [5.74, 6) is -0.00298. The molecule has 1 unspecified atom stereocenters. The Hall–Kier alpha value is -1.51. The highest BCUT2D eigenvalue weighted by Gasteiger charge is 2.38. The molecule has 1 saturated carbocycles. The molecule has 0 aliphatic heterocycles. The minimum absolute atomic E-state index is 0.193. The molecule has 1 atom stereocenters. The van der Waals surface area contributed by atoms with Gasteiger partial charge in [0.25, 0.3) is 0 Å². The second kappa shape index (κ2) is 4.16. The molecular formula is C13H16O3. The van der Waals surface area contributed by atoms with Gasteiger partial charge in [-0.25, -0.2) is 4.79 Å². The van der Waals surface area contributed by atoms with E-state index in [2.05, 4.69) is 0 Å². The van der Waals surface area contributed by atoms with Crippen LogP contribution in [0.25, 0.3) is 0 Å². The normalized spacial score (nSPS) is 16.9. The zero-order chi connectivity index (χ0) is 11.7. The predicted octanol–water partition coefficient (Wildman–Crippen LogP) is 2.55. The second-order valence-corrected chi connectivity index (χ2v) is 4.54. The molecule has 3 nitrogen and oxygen atoms in total. The van der Waals surface area contributed by atoms with Gasteiger partial charge in [-0.2, -0.15) is 0 Å². The first-order valence-electron chi connectivity index (χ1n) is 5.54. The molecule has 1 aliphatic carbocycles. The van der Waals surface area contributed by atoms with Crippen molar-refractivity contribution in [1.82, 2.24) is 0 Å². The average molecular weight is 220 g/mol. The molecule has 1 aromatic rings. The van der Waals surface area contributed by atoms with Gasteiger partial charge in [-0.15, -0.1) is 0 Å². The van der Waals surface area contributed by atoms with Gasteiger partial charge in [0.15, 0.2) is 6.10 Å². The largest absolute Gasteiger partial charge is 0.478 e. The van der Waals surface area contributed by atoms with E-state index in [1.165, 1.54) is 0 Å². The van der Waals surface area contributed by atoms with Gasteiger partial charge in [-0.3, -0.25) is 0 Å². The van der Waals surface area contributed by atoms with E-state index in [0.29, 0.717) is 5.75 Å². The van der Waals surface area contributed by atoms with Gasteiger partial charge in [0.1, 0.15) is 5.75 Å². The Morgan fingerprint density at radius 2 is 1.88 bits per heavy atom. The van der Waals surface area contributed by atoms with Gasteiger partial charge in [-0.1, -0.05) is 6.07 Å². The molecule has 0 amide bonds. The van der Waals surface area contributed by atoms with Crippen LogP contribution in [-0.4, -0.2) is 17.2 Å². The van der Waals surface area contributed by atoms with E-state index in [9.17, 15) is 4.79 Å². The van der Waals surface area contributed by atoms with Crippen LogP contribution in [0.1, 0.15) is 24.0 Å². The molecule has 0 radical (unpaired) electrons. The maximum Gasteiger partial charge on any atom is 0.345 e. The minimum Gasteiger partial charge on any atom is -0.478 e. The van der Waals surface area contributed by atoms with Crippen molar-refractivity contribution in [2.24, 2.45) is 5.92 Å². The molecular weight excluding hydrogens is 204 g/mol. The van der Waals surface area contributed by atoms with Crippen molar-refractivity contribution in [1.29, 1.82) is 0 Å². The molecule has 2 rings (SSSR count). The third kappa shape index (κ3) is 2.54. The molecule has 1 aromatic carbocycles. The van der Waals surface area contributed by atoms with Crippen LogP contribution in [0.2, 0.25) is 0 Å². The van der Waals surface area contributed by atoms with Crippen molar-refractivity contribution in [3.05, 3.63) is 29.3 Å². The van der Waals surface area contributed by atoms with Crippen LogP contribution in [0.5, 0.6) is 5.75 Å². The van der Waals surface area contributed by atoms with Crippen molar-refractivity contribution in [3.8, 4) is 5.75 Å². The molecule has 1 N–H and O–H groups in total. The number of aliphatic carboxylic acids is 1. The van der Waals surface area contributed by atoms with Gasteiger partial charge < -0.3 is 9.84 Å². The third-order valence-corrected chi connectivity index (χ3v) is 2.75. The highest BCUT2D eigenvalue weighted by molar-refractivity contribution is 5.73. The van der Waals surface area contributed by atoms with Gasteiger partial charge in [0.05, 0.1) is 0 Å². The fraction of sp³-hybridized carbons (Fsp3) is 0.462. The van der Waals surface area contributed by atoms with E-state index in [1.54, 1.807) is 0 Å². The quantitative estimate of drug-likeness (QED) is 0.848. The van der Waals surface area contributed by atoms with Crippen molar-refractivity contribution in [3.63, 3.8) is 0 Å². The van der Waals surface area contributed by atoms with E-state index in [4.69, 9.17) is 9.84 Å². The Balaban J connectivity index is 2.14. The number of aryl methyl sites for hydroxylation is 2. The summed E-state index contributed by atoms with van der Waals surface area (Å²) in [4.78, 5) is 11.0. The minimum atomic E-state index is -0.860. The lowest BCUT2D eigenvalue weighted by atomic mass is 10.1. The maximum absolute atomic E-state index is 11.0. The van der Waals surface area contributed by atoms with Crippen molar-refractivity contribution >= 4 is 5.97 Å². The van der Waals surface area contributed by atoms with Gasteiger partial charge in [0.2, 0.25) is 0 Å². The van der Waals surface area contributed by atoms with E-state index in [1.807, 2.05) is 32.0 Å². The summed E-state index contributed by atoms with van der Waals surface area (Å²) in [6, 6.07) is 5.80. The zero-order valence-electron chi connectivity index (χ0n) is 9.56. The Kier molecular flexibility index (Phi) is 2.86. The van der Waals surface area contributed by atoms with Crippen LogP contribution in [0.15, 0.2) is 18.2 Å². The molecule has 3 heteroatoms. The average Bonchev–Trinajstić information content (AvgIpc) is 2.95. The van der Waals surface area contributed by atoms with E-state index in [0.717, 1.165) is 24.0 Å². The Morgan fingerprint density at radius 3 is 2.31 bits per heavy atom. The van der Waals surface area contributed by atoms with Crippen LogP contribution in [0.3, 0.4) is 0 Å². The van der Waals surface area contributed by atoms with Crippen LogP contribution in [0, 0.1) is 19.8 Å². The summed E-state index contributed by atoms with van der Waals surface area (Å²) in [6.07, 6.45) is 1.24. The van der Waals surface area contributed by atoms with Crippen LogP contribution >= 0.6 is 0 Å². The van der Waals surface area contributed by atoms with Crippen LogP contribution < -0.4 is 4.74 Å². The van der Waals surface area contributed by atoms with Crippen LogP contribution in [0.4, 0.5) is 0 Å². The summed E-state index contributed by atoms with van der Waals surface area (Å²) >= 11 is 0. The summed E-state index contributed by atoms with van der Waals surface area (Å²) in [7, 11) is 0. The number of hydrogen-bond acceptors (Lipinski definition) is 2. The van der Waals surface area contributed by atoms with Crippen LogP contribution in [-0.2, 0) is 4.79 Å². The third-order valence-electron chi connectivity index (χ3n) is 2.75. The zero-order valence-corrected chi connectivity index (χ0v) is 9.56. The van der Waals surface area contributed by atoms with Crippen molar-refractivity contribution in [2.75, 3.05) is 0 Å². The van der Waals surface area contributed by atoms with E-state index in [-0.39, 0.29) is 5.92 Å². The summed E-state index contributed by atoms with van der Waals surface area (Å²) in [5.41, 5.74) is 2.19. The molecule has 0 saturated heterocycles. The number of rotatable bonds is 4. The molecule has 1 aliphatic rings. The molecule has 1 fully saturated rings. The first kappa shape index (κ1) is 11.0. The number of carboxylic acid groups (broad SMARTS) is 1. The standard InChI is InChI=1S/C13H16O3/c1-8-5-9(2)7-11(6-8)16-12(13(14)15)10-3-4-10/h5-7,10,12H,3-4H2,1-2H3,(H,14,15). The number of carbonyl (C=O) groups is 1. The smallest absolute Gasteiger partial charge is 0.345 e. The van der Waals surface area contributed by atoms with E-state index >= 15 is 0 Å².